The molecule has 11 heteroatoms. The van der Waals surface area contributed by atoms with E-state index < -0.39 is 29.1 Å². The molecule has 0 aliphatic heterocycles. The van der Waals surface area contributed by atoms with Gasteiger partial charge in [-0.05, 0) is 36.8 Å². The molecule has 1 atom stereocenters. The number of aromatic nitrogens is 6. The maximum absolute atomic E-state index is 14.0. The summed E-state index contributed by atoms with van der Waals surface area (Å²) in [6, 6.07) is 5.74. The predicted octanol–water partition coefficient (Wildman–Crippen LogP) is 4.03. The number of hydrogen-bond acceptors (Lipinski definition) is 6. The summed E-state index contributed by atoms with van der Waals surface area (Å²) >= 11 is 0. The van der Waals surface area contributed by atoms with Crippen LogP contribution >= 0.6 is 0 Å². The third-order valence-corrected chi connectivity index (χ3v) is 5.21. The molecule has 0 saturated heterocycles. The first-order valence-electron chi connectivity index (χ1n) is 10.0. The zero-order chi connectivity index (χ0) is 23.1. The van der Waals surface area contributed by atoms with Crippen molar-refractivity contribution in [2.75, 3.05) is 5.32 Å². The van der Waals surface area contributed by atoms with E-state index in [0.29, 0.717) is 29.5 Å². The average Bonchev–Trinajstić information content (AvgIpc) is 3.27. The van der Waals surface area contributed by atoms with Crippen molar-refractivity contribution >= 4 is 27.9 Å². The predicted molar refractivity (Wildman–Crippen MR) is 116 cm³/mol. The van der Waals surface area contributed by atoms with E-state index in [1.54, 1.807) is 0 Å². The van der Waals surface area contributed by atoms with E-state index in [-0.39, 0.29) is 22.4 Å². The lowest BCUT2D eigenvalue weighted by molar-refractivity contribution is 0.578. The van der Waals surface area contributed by atoms with Gasteiger partial charge in [-0.3, -0.25) is 9.36 Å². The summed E-state index contributed by atoms with van der Waals surface area (Å²) < 4.78 is 43.0. The van der Waals surface area contributed by atoms with Gasteiger partial charge in [0.1, 0.15) is 35.1 Å². The van der Waals surface area contributed by atoms with Crippen molar-refractivity contribution < 1.29 is 13.2 Å². The maximum atomic E-state index is 14.0. The van der Waals surface area contributed by atoms with Crippen LogP contribution in [-0.2, 0) is 0 Å². The SMILES string of the molecule is CC[C@@H](Nc1ncnc2[nH]cnc12)c1nc2ccc(F)cc2c(=O)n1-c1cc(F)cc(F)c1. The number of hydrogen-bond donors (Lipinski definition) is 2. The van der Waals surface area contributed by atoms with Gasteiger partial charge >= 0.3 is 0 Å². The Bertz CT molecular complexity index is 1540. The van der Waals surface area contributed by atoms with E-state index in [0.717, 1.165) is 22.8 Å². The van der Waals surface area contributed by atoms with E-state index in [1.807, 2.05) is 6.92 Å². The Balaban J connectivity index is 1.75. The van der Waals surface area contributed by atoms with Crippen molar-refractivity contribution in [3.63, 3.8) is 0 Å². The third-order valence-electron chi connectivity index (χ3n) is 5.21. The van der Waals surface area contributed by atoms with Crippen LogP contribution in [0.3, 0.4) is 0 Å². The van der Waals surface area contributed by atoms with E-state index in [4.69, 9.17) is 0 Å². The van der Waals surface area contributed by atoms with Gasteiger partial charge in [-0.1, -0.05) is 6.92 Å². The normalized spacial score (nSPS) is 12.4. The highest BCUT2D eigenvalue weighted by Gasteiger charge is 2.22. The fourth-order valence-corrected chi connectivity index (χ4v) is 3.71. The highest BCUT2D eigenvalue weighted by Crippen LogP contribution is 2.26. The second-order valence-corrected chi connectivity index (χ2v) is 7.33. The molecule has 0 aliphatic rings. The minimum absolute atomic E-state index is 0.0185. The molecule has 166 valence electrons. The number of halogens is 3. The molecule has 0 spiro atoms. The van der Waals surface area contributed by atoms with Crippen molar-refractivity contribution in [1.82, 2.24) is 29.5 Å². The van der Waals surface area contributed by atoms with Gasteiger partial charge in [0.2, 0.25) is 0 Å². The Morgan fingerprint density at radius 2 is 1.82 bits per heavy atom. The number of fused-ring (bicyclic) bond motifs is 2. The fourth-order valence-electron chi connectivity index (χ4n) is 3.71. The second-order valence-electron chi connectivity index (χ2n) is 7.33. The van der Waals surface area contributed by atoms with Gasteiger partial charge in [0.15, 0.2) is 11.5 Å². The first-order chi connectivity index (χ1) is 15.9. The monoisotopic (exact) mass is 451 g/mol. The zero-order valence-corrected chi connectivity index (χ0v) is 17.2. The number of imidazole rings is 1. The molecule has 3 aromatic heterocycles. The smallest absolute Gasteiger partial charge is 0.266 e. The number of benzene rings is 2. The lowest BCUT2D eigenvalue weighted by Crippen LogP contribution is -2.28. The summed E-state index contributed by atoms with van der Waals surface area (Å²) in [6.07, 6.45) is 3.24. The molecular weight excluding hydrogens is 435 g/mol. The minimum Gasteiger partial charge on any atom is -0.358 e. The van der Waals surface area contributed by atoms with Gasteiger partial charge in [0.05, 0.1) is 29.0 Å². The van der Waals surface area contributed by atoms with Crippen LogP contribution in [-0.4, -0.2) is 29.5 Å². The molecule has 33 heavy (non-hydrogen) atoms. The summed E-state index contributed by atoms with van der Waals surface area (Å²) in [7, 11) is 0. The molecule has 0 unspecified atom stereocenters. The molecule has 0 aliphatic carbocycles. The summed E-state index contributed by atoms with van der Waals surface area (Å²) in [6.45, 7) is 1.85. The number of nitrogens with zero attached hydrogens (tertiary/aromatic N) is 5. The minimum atomic E-state index is -0.864. The second kappa shape index (κ2) is 8.01. The molecule has 2 aromatic carbocycles. The highest BCUT2D eigenvalue weighted by atomic mass is 19.1. The van der Waals surface area contributed by atoms with Crippen molar-refractivity contribution in [3.8, 4) is 5.69 Å². The lowest BCUT2D eigenvalue weighted by atomic mass is 10.1. The van der Waals surface area contributed by atoms with Gasteiger partial charge in [0, 0.05) is 6.07 Å². The van der Waals surface area contributed by atoms with Crippen LogP contribution in [0.1, 0.15) is 25.2 Å². The molecule has 2 N–H and O–H groups in total. The molecule has 0 saturated carbocycles. The molecule has 0 amide bonds. The Hall–Kier alpha value is -4.28. The van der Waals surface area contributed by atoms with Crippen LogP contribution in [0.15, 0.2) is 53.8 Å². The van der Waals surface area contributed by atoms with Gasteiger partial charge in [0.25, 0.3) is 5.56 Å². The van der Waals surface area contributed by atoms with Crippen LogP contribution in [0, 0.1) is 17.5 Å². The van der Waals surface area contributed by atoms with Gasteiger partial charge in [-0.25, -0.2) is 33.1 Å². The third kappa shape index (κ3) is 3.67. The molecule has 0 radical (unpaired) electrons. The molecule has 3 heterocycles. The number of rotatable bonds is 5. The van der Waals surface area contributed by atoms with Crippen LogP contribution < -0.4 is 10.9 Å². The van der Waals surface area contributed by atoms with Crippen LogP contribution in [0.25, 0.3) is 27.8 Å². The summed E-state index contributed by atoms with van der Waals surface area (Å²) in [5.74, 6) is -1.79. The molecule has 8 nitrogen and oxygen atoms in total. The molecular formula is C22H16F3N7O. The summed E-state index contributed by atoms with van der Waals surface area (Å²) in [5.41, 5.74) is 0.502. The number of H-pyrrole nitrogens is 1. The summed E-state index contributed by atoms with van der Waals surface area (Å²) in [4.78, 5) is 33.4. The quantitative estimate of drug-likeness (QED) is 0.418. The van der Waals surface area contributed by atoms with E-state index in [9.17, 15) is 18.0 Å². The standard InChI is InChI=1S/C22H16F3N7O/c1-2-16(30-20-18-19(27-9-26-18)28-10-29-20)21-31-17-4-3-11(23)8-15(17)22(33)32(21)14-6-12(24)5-13(25)7-14/h3-10,16H,2H2,1H3,(H2,26,27,28,29,30)/t16-/m1/s1. The molecule has 0 bridgehead atoms. The average molecular weight is 451 g/mol. The van der Waals surface area contributed by atoms with Crippen molar-refractivity contribution in [2.24, 2.45) is 0 Å². The molecule has 0 fully saturated rings. The van der Waals surface area contributed by atoms with Gasteiger partial charge in [-0.2, -0.15) is 0 Å². The van der Waals surface area contributed by atoms with Crippen molar-refractivity contribution in [1.29, 1.82) is 0 Å². The topological polar surface area (TPSA) is 101 Å². The Morgan fingerprint density at radius 3 is 2.58 bits per heavy atom. The van der Waals surface area contributed by atoms with Gasteiger partial charge < -0.3 is 10.3 Å². The Kier molecular flexibility index (Phi) is 5.00. The maximum Gasteiger partial charge on any atom is 0.266 e. The first kappa shape index (κ1) is 20.6. The van der Waals surface area contributed by atoms with E-state index in [1.165, 1.54) is 24.8 Å². The van der Waals surface area contributed by atoms with Crippen LogP contribution in [0.4, 0.5) is 19.0 Å². The van der Waals surface area contributed by atoms with Crippen molar-refractivity contribution in [3.05, 3.63) is 82.7 Å². The number of anilines is 1. The zero-order valence-electron chi connectivity index (χ0n) is 17.2. The van der Waals surface area contributed by atoms with E-state index >= 15 is 0 Å². The Labute approximate surface area is 184 Å². The van der Waals surface area contributed by atoms with Crippen molar-refractivity contribution in [2.45, 2.75) is 19.4 Å². The summed E-state index contributed by atoms with van der Waals surface area (Å²) in [5, 5.41) is 3.18. The van der Waals surface area contributed by atoms with Crippen LogP contribution in [0.5, 0.6) is 0 Å². The number of aromatic amines is 1. The highest BCUT2D eigenvalue weighted by molar-refractivity contribution is 5.82. The molecule has 5 aromatic rings. The lowest BCUT2D eigenvalue weighted by Gasteiger charge is -2.22. The van der Waals surface area contributed by atoms with E-state index in [2.05, 4.69) is 30.2 Å². The largest absolute Gasteiger partial charge is 0.358 e. The molecule has 5 rings (SSSR count). The van der Waals surface area contributed by atoms with Gasteiger partial charge in [-0.15, -0.1) is 0 Å². The van der Waals surface area contributed by atoms with Crippen LogP contribution in [0.2, 0.25) is 0 Å². The number of nitrogens with one attached hydrogen (secondary N) is 2. The fraction of sp³-hybridized carbons (Fsp3) is 0.136. The Morgan fingerprint density at radius 1 is 1.03 bits per heavy atom. The first-order valence-corrected chi connectivity index (χ1v) is 10.0.